The highest BCUT2D eigenvalue weighted by Gasteiger charge is 2.18. The lowest BCUT2D eigenvalue weighted by Crippen LogP contribution is -2.38. The van der Waals surface area contributed by atoms with E-state index in [2.05, 4.69) is 29.2 Å². The molecular weight excluding hydrogens is 238 g/mol. The van der Waals surface area contributed by atoms with Crippen molar-refractivity contribution in [2.24, 2.45) is 5.92 Å². The summed E-state index contributed by atoms with van der Waals surface area (Å²) in [6, 6.07) is 10.4. The summed E-state index contributed by atoms with van der Waals surface area (Å²) in [6.45, 7) is 4.49. The second-order valence-corrected chi connectivity index (χ2v) is 5.19. The highest BCUT2D eigenvalue weighted by molar-refractivity contribution is 5.53. The van der Waals surface area contributed by atoms with Crippen LogP contribution in [0.5, 0.6) is 0 Å². The minimum atomic E-state index is 0.234. The molecule has 1 aliphatic heterocycles. The summed E-state index contributed by atoms with van der Waals surface area (Å²) in [5.41, 5.74) is 1.32. The Labute approximate surface area is 115 Å². The van der Waals surface area contributed by atoms with Gasteiger partial charge in [0, 0.05) is 19.0 Å². The summed E-state index contributed by atoms with van der Waals surface area (Å²) in [5, 5.41) is 0. The number of benzene rings is 1. The Morgan fingerprint density at radius 2 is 2.11 bits per heavy atom. The van der Waals surface area contributed by atoms with Gasteiger partial charge in [-0.2, -0.15) is 0 Å². The van der Waals surface area contributed by atoms with Crippen molar-refractivity contribution in [3.05, 3.63) is 35.9 Å². The summed E-state index contributed by atoms with van der Waals surface area (Å²) in [6.07, 6.45) is 4.25. The molecule has 104 valence electrons. The topological polar surface area (TPSA) is 29.5 Å². The van der Waals surface area contributed by atoms with E-state index in [-0.39, 0.29) is 5.92 Å². The van der Waals surface area contributed by atoms with E-state index in [1.54, 1.807) is 0 Å². The maximum atomic E-state index is 10.8. The number of carbonyl (C=O) groups is 1. The van der Waals surface area contributed by atoms with Crippen LogP contribution in [-0.2, 0) is 16.0 Å². The lowest BCUT2D eigenvalue weighted by Gasteiger charge is -2.29. The number of nitrogens with zero attached hydrogens (tertiary/aromatic N) is 1. The lowest BCUT2D eigenvalue weighted by molar-refractivity contribution is -0.112. The molecule has 1 aromatic carbocycles. The van der Waals surface area contributed by atoms with Crippen LogP contribution in [0.4, 0.5) is 0 Å². The number of aldehydes is 1. The predicted molar refractivity (Wildman–Crippen MR) is 76.2 cm³/mol. The molecule has 0 N–H and O–H groups in total. The van der Waals surface area contributed by atoms with Crippen molar-refractivity contribution in [3.8, 4) is 0 Å². The fraction of sp³-hybridized carbons (Fsp3) is 0.562. The van der Waals surface area contributed by atoms with Crippen molar-refractivity contribution < 1.29 is 9.53 Å². The first-order valence-corrected chi connectivity index (χ1v) is 7.18. The van der Waals surface area contributed by atoms with E-state index in [0.29, 0.717) is 0 Å². The minimum absolute atomic E-state index is 0.234. The molecule has 1 saturated heterocycles. The molecule has 2 rings (SSSR count). The first-order chi connectivity index (χ1) is 9.38. The van der Waals surface area contributed by atoms with Crippen LogP contribution in [0.25, 0.3) is 0 Å². The van der Waals surface area contributed by atoms with Crippen molar-refractivity contribution in [1.29, 1.82) is 0 Å². The number of ether oxygens (including phenoxy) is 1. The Morgan fingerprint density at radius 3 is 2.89 bits per heavy atom. The first kappa shape index (κ1) is 14.2. The average Bonchev–Trinajstić information content (AvgIpc) is 2.48. The second kappa shape index (κ2) is 8.08. The van der Waals surface area contributed by atoms with Gasteiger partial charge in [-0.1, -0.05) is 30.3 Å². The van der Waals surface area contributed by atoms with Gasteiger partial charge in [-0.3, -0.25) is 0 Å². The molecule has 0 bridgehead atoms. The largest absolute Gasteiger partial charge is 0.380 e. The van der Waals surface area contributed by atoms with Crippen LogP contribution in [0.15, 0.2) is 30.3 Å². The van der Waals surface area contributed by atoms with E-state index >= 15 is 0 Å². The number of carbonyl (C=O) groups excluding carboxylic acids is 1. The molecular formula is C16H23NO2. The molecule has 19 heavy (non-hydrogen) atoms. The zero-order chi connectivity index (χ0) is 13.3. The monoisotopic (exact) mass is 261 g/mol. The quantitative estimate of drug-likeness (QED) is 0.556. The summed E-state index contributed by atoms with van der Waals surface area (Å²) >= 11 is 0. The fourth-order valence-corrected chi connectivity index (χ4v) is 2.54. The summed E-state index contributed by atoms with van der Waals surface area (Å²) in [5.74, 6) is 0.234. The summed E-state index contributed by atoms with van der Waals surface area (Å²) in [4.78, 5) is 13.1. The maximum absolute atomic E-state index is 10.8. The van der Waals surface area contributed by atoms with Crippen molar-refractivity contribution in [2.75, 3.05) is 32.8 Å². The van der Waals surface area contributed by atoms with Crippen LogP contribution in [0, 0.1) is 5.92 Å². The van der Waals surface area contributed by atoms with Gasteiger partial charge in [0.25, 0.3) is 0 Å². The Kier molecular flexibility index (Phi) is 6.05. The Morgan fingerprint density at radius 1 is 1.26 bits per heavy atom. The van der Waals surface area contributed by atoms with Gasteiger partial charge in [0.15, 0.2) is 0 Å². The Balaban J connectivity index is 1.55. The van der Waals surface area contributed by atoms with Crippen LogP contribution in [0.1, 0.15) is 18.4 Å². The van der Waals surface area contributed by atoms with E-state index in [4.69, 9.17) is 4.74 Å². The molecule has 0 aliphatic carbocycles. The highest BCUT2D eigenvalue weighted by atomic mass is 16.5. The number of hydrogen-bond acceptors (Lipinski definition) is 3. The van der Waals surface area contributed by atoms with E-state index in [0.717, 1.165) is 58.4 Å². The minimum Gasteiger partial charge on any atom is -0.380 e. The maximum Gasteiger partial charge on any atom is 0.124 e. The van der Waals surface area contributed by atoms with Crippen molar-refractivity contribution in [3.63, 3.8) is 0 Å². The van der Waals surface area contributed by atoms with Crippen molar-refractivity contribution in [1.82, 2.24) is 4.90 Å². The van der Waals surface area contributed by atoms with Crippen LogP contribution in [0.2, 0.25) is 0 Å². The smallest absolute Gasteiger partial charge is 0.124 e. The second-order valence-electron chi connectivity index (χ2n) is 5.19. The Bertz CT molecular complexity index is 366. The van der Waals surface area contributed by atoms with Gasteiger partial charge in [0.05, 0.1) is 13.2 Å². The predicted octanol–water partition coefficient (Wildman–Crippen LogP) is 2.16. The molecule has 1 aliphatic rings. The van der Waals surface area contributed by atoms with Crippen molar-refractivity contribution >= 4 is 6.29 Å². The van der Waals surface area contributed by atoms with Crippen LogP contribution < -0.4 is 0 Å². The van der Waals surface area contributed by atoms with E-state index in [1.165, 1.54) is 5.56 Å². The third kappa shape index (κ3) is 5.13. The molecule has 0 spiro atoms. The van der Waals surface area contributed by atoms with Gasteiger partial charge >= 0.3 is 0 Å². The number of rotatable bonds is 7. The van der Waals surface area contributed by atoms with Crippen LogP contribution in [-0.4, -0.2) is 44.0 Å². The van der Waals surface area contributed by atoms with Crippen LogP contribution >= 0.6 is 0 Å². The van der Waals surface area contributed by atoms with Gasteiger partial charge in [0.1, 0.15) is 6.29 Å². The van der Waals surface area contributed by atoms with Gasteiger partial charge in [-0.25, -0.2) is 0 Å². The third-order valence-electron chi connectivity index (χ3n) is 3.66. The lowest BCUT2D eigenvalue weighted by atomic mass is 10.00. The molecule has 1 fully saturated rings. The number of likely N-dealkylation sites (tertiary alicyclic amines) is 1. The molecule has 0 aromatic heterocycles. The van der Waals surface area contributed by atoms with Gasteiger partial charge in [-0.05, 0) is 31.4 Å². The molecule has 1 heterocycles. The molecule has 3 heteroatoms. The zero-order valence-corrected chi connectivity index (χ0v) is 11.5. The van der Waals surface area contributed by atoms with E-state index in [1.807, 2.05) is 6.07 Å². The third-order valence-corrected chi connectivity index (χ3v) is 3.66. The highest BCUT2D eigenvalue weighted by Crippen LogP contribution is 2.13. The standard InChI is InChI=1S/C16H23NO2/c18-14-16-7-4-9-17(13-16)10-12-19-11-8-15-5-2-1-3-6-15/h1-3,5-6,14,16H,4,7-13H2/t16-/m1/s1. The van der Waals surface area contributed by atoms with Crippen molar-refractivity contribution in [2.45, 2.75) is 19.3 Å². The fourth-order valence-electron chi connectivity index (χ4n) is 2.54. The molecule has 0 radical (unpaired) electrons. The van der Waals surface area contributed by atoms with Gasteiger partial charge in [0.2, 0.25) is 0 Å². The summed E-state index contributed by atoms with van der Waals surface area (Å²) in [7, 11) is 0. The zero-order valence-electron chi connectivity index (χ0n) is 11.5. The average molecular weight is 261 g/mol. The van der Waals surface area contributed by atoms with Gasteiger partial charge < -0.3 is 14.4 Å². The normalized spacial score (nSPS) is 20.3. The molecule has 1 atom stereocenters. The van der Waals surface area contributed by atoms with E-state index < -0.39 is 0 Å². The van der Waals surface area contributed by atoms with Crippen LogP contribution in [0.3, 0.4) is 0 Å². The molecule has 0 amide bonds. The SMILES string of the molecule is O=C[C@@H]1CCCN(CCOCCc2ccccc2)C1. The molecule has 0 saturated carbocycles. The van der Waals surface area contributed by atoms with Gasteiger partial charge in [-0.15, -0.1) is 0 Å². The molecule has 3 nitrogen and oxygen atoms in total. The molecule has 1 aromatic rings. The Hall–Kier alpha value is -1.19. The summed E-state index contributed by atoms with van der Waals surface area (Å²) < 4.78 is 5.68. The molecule has 0 unspecified atom stereocenters. The first-order valence-electron chi connectivity index (χ1n) is 7.18. The number of piperidine rings is 1. The number of hydrogen-bond donors (Lipinski definition) is 0. The van der Waals surface area contributed by atoms with E-state index in [9.17, 15) is 4.79 Å².